The monoisotopic (exact) mass is 305 g/mol. The number of hydrogen-bond acceptors (Lipinski definition) is 4. The quantitative estimate of drug-likeness (QED) is 0.860. The molecule has 1 aromatic carbocycles. The van der Waals surface area contributed by atoms with Gasteiger partial charge in [0.2, 0.25) is 0 Å². The van der Waals surface area contributed by atoms with Crippen molar-refractivity contribution in [3.05, 3.63) is 18.0 Å². The summed E-state index contributed by atoms with van der Waals surface area (Å²) in [5, 5.41) is 0. The average Bonchev–Trinajstić information content (AvgIpc) is 2.79. The number of hydrogen-bond donors (Lipinski definition) is 1. The molecule has 0 fully saturated rings. The van der Waals surface area contributed by atoms with Crippen molar-refractivity contribution in [2.75, 3.05) is 13.2 Å². The summed E-state index contributed by atoms with van der Waals surface area (Å²) in [6, 6.07) is 3.92. The number of aryl methyl sites for hydroxylation is 1. The van der Waals surface area contributed by atoms with Gasteiger partial charge in [-0.15, -0.1) is 0 Å². The molecule has 6 heteroatoms. The Labute approximate surface area is 129 Å². The predicted molar refractivity (Wildman–Crippen MR) is 86.1 cm³/mol. The summed E-state index contributed by atoms with van der Waals surface area (Å²) in [4.78, 5) is 5.18. The van der Waals surface area contributed by atoms with Gasteiger partial charge >= 0.3 is 0 Å². The minimum atomic E-state index is 0.460. The van der Waals surface area contributed by atoms with Crippen LogP contribution in [0.3, 0.4) is 0 Å². The Balaban J connectivity index is 2.10. The molecular formula is C15H19N3O2S. The van der Waals surface area contributed by atoms with Gasteiger partial charge in [-0.1, -0.05) is 25.6 Å². The SMILES string of the molecule is CCCCc1nc2cc3c(cc2n1CC(N)=S)OCCO3. The van der Waals surface area contributed by atoms with Gasteiger partial charge in [-0.05, 0) is 6.42 Å². The van der Waals surface area contributed by atoms with Gasteiger partial charge in [0.05, 0.1) is 22.6 Å². The van der Waals surface area contributed by atoms with E-state index in [0.29, 0.717) is 24.7 Å². The number of imidazole rings is 1. The largest absolute Gasteiger partial charge is 0.486 e. The summed E-state index contributed by atoms with van der Waals surface area (Å²) in [7, 11) is 0. The zero-order valence-electron chi connectivity index (χ0n) is 12.1. The van der Waals surface area contributed by atoms with Crippen LogP contribution in [0.4, 0.5) is 0 Å². The number of thiocarbonyl (C=S) groups is 1. The van der Waals surface area contributed by atoms with Crippen molar-refractivity contribution in [2.24, 2.45) is 5.73 Å². The Morgan fingerprint density at radius 3 is 2.71 bits per heavy atom. The highest BCUT2D eigenvalue weighted by molar-refractivity contribution is 7.80. The van der Waals surface area contributed by atoms with Crippen molar-refractivity contribution in [3.63, 3.8) is 0 Å². The Kier molecular flexibility index (Phi) is 3.96. The van der Waals surface area contributed by atoms with Gasteiger partial charge in [-0.25, -0.2) is 4.98 Å². The summed E-state index contributed by atoms with van der Waals surface area (Å²) >= 11 is 5.07. The molecule has 0 unspecified atom stereocenters. The highest BCUT2D eigenvalue weighted by atomic mass is 32.1. The zero-order valence-corrected chi connectivity index (χ0v) is 12.9. The van der Waals surface area contributed by atoms with Gasteiger partial charge in [-0.2, -0.15) is 0 Å². The van der Waals surface area contributed by atoms with Gasteiger partial charge in [0.15, 0.2) is 11.5 Å². The second-order valence-electron chi connectivity index (χ2n) is 5.17. The van der Waals surface area contributed by atoms with Crippen molar-refractivity contribution in [3.8, 4) is 11.5 Å². The first-order valence-electron chi connectivity index (χ1n) is 7.26. The summed E-state index contributed by atoms with van der Waals surface area (Å²) in [6.07, 6.45) is 3.13. The maximum absolute atomic E-state index is 5.74. The smallest absolute Gasteiger partial charge is 0.163 e. The number of nitrogens with two attached hydrogens (primary N) is 1. The average molecular weight is 305 g/mol. The molecule has 3 rings (SSSR count). The van der Waals surface area contributed by atoms with E-state index in [9.17, 15) is 0 Å². The molecule has 1 aliphatic heterocycles. The van der Waals surface area contributed by atoms with E-state index in [1.807, 2.05) is 12.1 Å². The summed E-state index contributed by atoms with van der Waals surface area (Å²) < 4.78 is 13.4. The molecule has 0 bridgehead atoms. The van der Waals surface area contributed by atoms with Gasteiger partial charge in [-0.3, -0.25) is 0 Å². The highest BCUT2D eigenvalue weighted by Crippen LogP contribution is 2.34. The molecule has 1 aliphatic rings. The van der Waals surface area contributed by atoms with E-state index in [4.69, 9.17) is 32.4 Å². The number of benzene rings is 1. The van der Waals surface area contributed by atoms with Crippen LogP contribution >= 0.6 is 12.2 Å². The van der Waals surface area contributed by atoms with Crippen molar-refractivity contribution in [1.82, 2.24) is 9.55 Å². The summed E-state index contributed by atoms with van der Waals surface area (Å²) in [5.41, 5.74) is 7.64. The number of aromatic nitrogens is 2. The lowest BCUT2D eigenvalue weighted by Gasteiger charge is -2.18. The molecule has 0 saturated heterocycles. The van der Waals surface area contributed by atoms with E-state index in [-0.39, 0.29) is 0 Å². The second kappa shape index (κ2) is 5.89. The van der Waals surface area contributed by atoms with Crippen molar-refractivity contribution < 1.29 is 9.47 Å². The molecule has 112 valence electrons. The molecular weight excluding hydrogens is 286 g/mol. The number of fused-ring (bicyclic) bond motifs is 2. The lowest BCUT2D eigenvalue weighted by Crippen LogP contribution is -2.18. The maximum Gasteiger partial charge on any atom is 0.163 e. The van der Waals surface area contributed by atoms with Crippen LogP contribution in [0.1, 0.15) is 25.6 Å². The van der Waals surface area contributed by atoms with Gasteiger partial charge < -0.3 is 19.8 Å². The van der Waals surface area contributed by atoms with Crippen LogP contribution in [0, 0.1) is 0 Å². The lowest BCUT2D eigenvalue weighted by molar-refractivity contribution is 0.172. The molecule has 0 aliphatic carbocycles. The summed E-state index contributed by atoms with van der Waals surface area (Å²) in [5.74, 6) is 2.54. The minimum Gasteiger partial charge on any atom is -0.486 e. The lowest BCUT2D eigenvalue weighted by atomic mass is 10.2. The fourth-order valence-electron chi connectivity index (χ4n) is 2.57. The number of nitrogens with zero attached hydrogens (tertiary/aromatic N) is 2. The standard InChI is InChI=1S/C15H19N3O2S/c1-2-3-4-15-17-10-7-12-13(20-6-5-19-12)8-11(10)18(15)9-14(16)21/h7-8H,2-6,9H2,1H3,(H2,16,21). The molecule has 5 nitrogen and oxygen atoms in total. The number of ether oxygens (including phenoxy) is 2. The van der Waals surface area contributed by atoms with Gasteiger partial charge in [0.1, 0.15) is 19.0 Å². The third-order valence-corrected chi connectivity index (χ3v) is 3.69. The predicted octanol–water partition coefficient (Wildman–Crippen LogP) is 2.44. The van der Waals surface area contributed by atoms with Crippen LogP contribution in [0.5, 0.6) is 11.5 Å². The molecule has 2 heterocycles. The first kappa shape index (κ1) is 14.1. The number of unbranched alkanes of at least 4 members (excludes halogenated alkanes) is 1. The maximum atomic E-state index is 5.74. The van der Waals surface area contributed by atoms with E-state index < -0.39 is 0 Å². The topological polar surface area (TPSA) is 62.3 Å². The third kappa shape index (κ3) is 2.81. The highest BCUT2D eigenvalue weighted by Gasteiger charge is 2.18. The van der Waals surface area contributed by atoms with Gasteiger partial charge in [0.25, 0.3) is 0 Å². The molecule has 0 spiro atoms. The normalized spacial score (nSPS) is 13.6. The fraction of sp³-hybridized carbons (Fsp3) is 0.467. The number of rotatable bonds is 5. The first-order valence-corrected chi connectivity index (χ1v) is 7.67. The van der Waals surface area contributed by atoms with Crippen molar-refractivity contribution >= 4 is 28.2 Å². The molecule has 2 aromatic rings. The summed E-state index contributed by atoms with van der Waals surface area (Å²) in [6.45, 7) is 3.82. The minimum absolute atomic E-state index is 0.460. The van der Waals surface area contributed by atoms with Crippen LogP contribution < -0.4 is 15.2 Å². The van der Waals surface area contributed by atoms with E-state index in [1.165, 1.54) is 0 Å². The molecule has 0 saturated carbocycles. The Bertz CT molecular complexity index is 681. The Morgan fingerprint density at radius 2 is 2.05 bits per heavy atom. The first-order chi connectivity index (χ1) is 10.2. The van der Waals surface area contributed by atoms with Crippen LogP contribution in [0.15, 0.2) is 12.1 Å². The molecule has 0 amide bonds. The Morgan fingerprint density at radius 1 is 1.33 bits per heavy atom. The molecule has 1 aromatic heterocycles. The molecule has 0 radical (unpaired) electrons. The molecule has 0 atom stereocenters. The fourth-order valence-corrected chi connectivity index (χ4v) is 2.70. The third-order valence-electron chi connectivity index (χ3n) is 3.56. The zero-order chi connectivity index (χ0) is 14.8. The van der Waals surface area contributed by atoms with Crippen LogP contribution in [-0.2, 0) is 13.0 Å². The Hall–Kier alpha value is -1.82. The van der Waals surface area contributed by atoms with E-state index >= 15 is 0 Å². The van der Waals surface area contributed by atoms with Crippen molar-refractivity contribution in [2.45, 2.75) is 32.7 Å². The van der Waals surface area contributed by atoms with E-state index in [1.54, 1.807) is 0 Å². The van der Waals surface area contributed by atoms with Crippen LogP contribution in [0.2, 0.25) is 0 Å². The van der Waals surface area contributed by atoms with Crippen LogP contribution in [-0.4, -0.2) is 27.8 Å². The van der Waals surface area contributed by atoms with Crippen molar-refractivity contribution in [1.29, 1.82) is 0 Å². The van der Waals surface area contributed by atoms with Gasteiger partial charge in [0, 0.05) is 18.6 Å². The van der Waals surface area contributed by atoms with E-state index in [0.717, 1.165) is 47.6 Å². The van der Waals surface area contributed by atoms with Crippen LogP contribution in [0.25, 0.3) is 11.0 Å². The molecule has 21 heavy (non-hydrogen) atoms. The second-order valence-corrected chi connectivity index (χ2v) is 5.69. The molecule has 2 N–H and O–H groups in total. The van der Waals surface area contributed by atoms with E-state index in [2.05, 4.69) is 11.5 Å².